The number of hydrogen-bond acceptors (Lipinski definition) is 3. The number of piperidine rings is 1. The monoisotopic (exact) mass is 360 g/mol. The number of carbonyl (C=O) groups is 1. The van der Waals surface area contributed by atoms with Crippen molar-refractivity contribution in [1.82, 2.24) is 4.90 Å². The zero-order valence-electron chi connectivity index (χ0n) is 10.9. The van der Waals surface area contributed by atoms with Crippen LogP contribution in [-0.2, 0) is 0 Å². The average Bonchev–Trinajstić information content (AvgIpc) is 2.40. The molecule has 7 heteroatoms. The highest BCUT2D eigenvalue weighted by molar-refractivity contribution is 9.09. The number of halogens is 2. The lowest BCUT2D eigenvalue weighted by Crippen LogP contribution is -2.43. The molecule has 20 heavy (non-hydrogen) atoms. The van der Waals surface area contributed by atoms with Crippen molar-refractivity contribution < 1.29 is 9.72 Å². The number of carbonyl (C=O) groups excluding carboxylic acids is 1. The van der Waals surface area contributed by atoms with Crippen LogP contribution in [0.3, 0.4) is 0 Å². The van der Waals surface area contributed by atoms with Crippen molar-refractivity contribution in [2.24, 2.45) is 5.92 Å². The van der Waals surface area contributed by atoms with Crippen LogP contribution in [0.1, 0.15) is 23.7 Å². The summed E-state index contributed by atoms with van der Waals surface area (Å²) in [6.07, 6.45) is 0.871. The smallest absolute Gasteiger partial charge is 0.271 e. The summed E-state index contributed by atoms with van der Waals surface area (Å²) in [6, 6.07) is 3.99. The Labute approximate surface area is 130 Å². The summed E-state index contributed by atoms with van der Waals surface area (Å²) < 4.78 is 0. The molecule has 5 nitrogen and oxygen atoms in total. The van der Waals surface area contributed by atoms with Gasteiger partial charge in [-0.25, -0.2) is 0 Å². The van der Waals surface area contributed by atoms with Crippen LogP contribution in [-0.4, -0.2) is 33.6 Å². The maximum atomic E-state index is 12.4. The van der Waals surface area contributed by atoms with E-state index < -0.39 is 4.92 Å². The molecule has 0 N–H and O–H groups in total. The standard InChI is InChI=1S/C13H14BrClN2O3/c1-8-7-16(3-2-12(8)14)13(18)9-4-10(15)6-11(5-9)17(19)20/h4-6,8,12H,2-3,7H2,1H3. The second-order valence-electron chi connectivity index (χ2n) is 4.99. The number of nitrogens with zero attached hydrogens (tertiary/aromatic N) is 2. The van der Waals surface area contributed by atoms with Crippen LogP contribution < -0.4 is 0 Å². The van der Waals surface area contributed by atoms with E-state index in [0.717, 1.165) is 6.42 Å². The third-order valence-corrected chi connectivity index (χ3v) is 5.01. The van der Waals surface area contributed by atoms with Gasteiger partial charge >= 0.3 is 0 Å². The molecule has 0 saturated carbocycles. The lowest BCUT2D eigenvalue weighted by atomic mass is 9.99. The number of rotatable bonds is 2. The molecule has 0 spiro atoms. The zero-order chi connectivity index (χ0) is 14.9. The normalized spacial score (nSPS) is 22.6. The number of nitro groups is 1. The predicted molar refractivity (Wildman–Crippen MR) is 80.5 cm³/mol. The molecule has 0 radical (unpaired) electrons. The summed E-state index contributed by atoms with van der Waals surface area (Å²) in [7, 11) is 0. The first-order chi connectivity index (χ1) is 9.38. The minimum Gasteiger partial charge on any atom is -0.338 e. The van der Waals surface area contributed by atoms with E-state index in [1.807, 2.05) is 0 Å². The summed E-state index contributed by atoms with van der Waals surface area (Å²) >= 11 is 9.43. The summed E-state index contributed by atoms with van der Waals surface area (Å²) in [4.78, 5) is 24.8. The van der Waals surface area contributed by atoms with Crippen molar-refractivity contribution in [2.45, 2.75) is 18.2 Å². The molecule has 1 aromatic carbocycles. The molecule has 2 atom stereocenters. The fourth-order valence-corrected chi connectivity index (χ4v) is 2.89. The highest BCUT2D eigenvalue weighted by Gasteiger charge is 2.28. The SMILES string of the molecule is CC1CN(C(=O)c2cc(Cl)cc([N+](=O)[O-])c2)CCC1Br. The number of benzene rings is 1. The van der Waals surface area contributed by atoms with Crippen molar-refractivity contribution in [3.63, 3.8) is 0 Å². The molecule has 1 fully saturated rings. The second-order valence-corrected chi connectivity index (χ2v) is 6.60. The quantitative estimate of drug-likeness (QED) is 0.460. The maximum Gasteiger partial charge on any atom is 0.271 e. The number of nitro benzene ring substituents is 1. The van der Waals surface area contributed by atoms with E-state index in [4.69, 9.17) is 11.6 Å². The molecule has 1 amide bonds. The number of likely N-dealkylation sites (tertiary alicyclic amines) is 1. The topological polar surface area (TPSA) is 63.5 Å². The van der Waals surface area contributed by atoms with Gasteiger partial charge in [-0.05, 0) is 18.4 Å². The van der Waals surface area contributed by atoms with Gasteiger partial charge in [0.25, 0.3) is 11.6 Å². The van der Waals surface area contributed by atoms with Crippen LogP contribution in [0.5, 0.6) is 0 Å². The van der Waals surface area contributed by atoms with Gasteiger partial charge in [-0.15, -0.1) is 0 Å². The molecular formula is C13H14BrClN2O3. The van der Waals surface area contributed by atoms with Gasteiger partial charge in [-0.3, -0.25) is 14.9 Å². The van der Waals surface area contributed by atoms with Crippen molar-refractivity contribution in [1.29, 1.82) is 0 Å². The van der Waals surface area contributed by atoms with E-state index >= 15 is 0 Å². The first-order valence-electron chi connectivity index (χ1n) is 6.27. The van der Waals surface area contributed by atoms with Crippen LogP contribution >= 0.6 is 27.5 Å². The van der Waals surface area contributed by atoms with Gasteiger partial charge in [-0.2, -0.15) is 0 Å². The lowest BCUT2D eigenvalue weighted by Gasteiger charge is -2.34. The fraction of sp³-hybridized carbons (Fsp3) is 0.462. The molecule has 0 aliphatic carbocycles. The molecule has 108 valence electrons. The number of non-ortho nitro benzene ring substituents is 1. The van der Waals surface area contributed by atoms with E-state index in [1.165, 1.54) is 18.2 Å². The van der Waals surface area contributed by atoms with Crippen LogP contribution in [0.2, 0.25) is 5.02 Å². The van der Waals surface area contributed by atoms with E-state index in [1.54, 1.807) is 4.90 Å². The van der Waals surface area contributed by atoms with Gasteiger partial charge in [0.1, 0.15) is 0 Å². The fourth-order valence-electron chi connectivity index (χ4n) is 2.29. The summed E-state index contributed by atoms with van der Waals surface area (Å²) in [5.74, 6) is 0.142. The Bertz CT molecular complexity index is 552. The minimum absolute atomic E-state index is 0.163. The van der Waals surface area contributed by atoms with Gasteiger partial charge in [-0.1, -0.05) is 34.5 Å². The van der Waals surface area contributed by atoms with Crippen LogP contribution in [0.4, 0.5) is 5.69 Å². The van der Waals surface area contributed by atoms with Crippen molar-refractivity contribution >= 4 is 39.1 Å². The molecule has 2 unspecified atom stereocenters. The molecule has 1 aromatic rings. The van der Waals surface area contributed by atoms with Gasteiger partial charge in [0.15, 0.2) is 0 Å². The lowest BCUT2D eigenvalue weighted by molar-refractivity contribution is -0.384. The van der Waals surface area contributed by atoms with Crippen LogP contribution in [0, 0.1) is 16.0 Å². The first kappa shape index (κ1) is 15.3. The Morgan fingerprint density at radius 1 is 1.50 bits per heavy atom. The third-order valence-electron chi connectivity index (χ3n) is 3.43. The predicted octanol–water partition coefficient (Wildman–Crippen LogP) is 3.49. The van der Waals surface area contributed by atoms with E-state index in [2.05, 4.69) is 22.9 Å². The molecule has 1 heterocycles. The minimum atomic E-state index is -0.546. The molecule has 0 aromatic heterocycles. The number of amides is 1. The maximum absolute atomic E-state index is 12.4. The Morgan fingerprint density at radius 2 is 2.20 bits per heavy atom. The van der Waals surface area contributed by atoms with E-state index in [-0.39, 0.29) is 22.2 Å². The highest BCUT2D eigenvalue weighted by Crippen LogP contribution is 2.26. The number of hydrogen-bond donors (Lipinski definition) is 0. The Balaban J connectivity index is 2.23. The Morgan fingerprint density at radius 3 is 2.80 bits per heavy atom. The average molecular weight is 362 g/mol. The van der Waals surface area contributed by atoms with Crippen LogP contribution in [0.25, 0.3) is 0 Å². The van der Waals surface area contributed by atoms with Gasteiger partial charge in [0, 0.05) is 40.6 Å². The van der Waals surface area contributed by atoms with Gasteiger partial charge in [0.2, 0.25) is 0 Å². The molecule has 0 bridgehead atoms. The Kier molecular flexibility index (Phi) is 4.65. The molecule has 2 rings (SSSR count). The van der Waals surface area contributed by atoms with E-state index in [0.29, 0.717) is 23.8 Å². The molecule has 1 aliphatic heterocycles. The number of alkyl halides is 1. The highest BCUT2D eigenvalue weighted by atomic mass is 79.9. The molecule has 1 aliphatic rings. The van der Waals surface area contributed by atoms with Crippen molar-refractivity contribution in [3.05, 3.63) is 38.9 Å². The summed E-state index contributed by atoms with van der Waals surface area (Å²) in [5.41, 5.74) is 0.105. The van der Waals surface area contributed by atoms with Crippen LogP contribution in [0.15, 0.2) is 18.2 Å². The molecule has 1 saturated heterocycles. The van der Waals surface area contributed by atoms with E-state index in [9.17, 15) is 14.9 Å². The largest absolute Gasteiger partial charge is 0.338 e. The van der Waals surface area contributed by atoms with Crippen molar-refractivity contribution in [3.8, 4) is 0 Å². The van der Waals surface area contributed by atoms with Gasteiger partial charge in [0.05, 0.1) is 4.92 Å². The summed E-state index contributed by atoms with van der Waals surface area (Å²) in [5, 5.41) is 11.0. The summed E-state index contributed by atoms with van der Waals surface area (Å²) in [6.45, 7) is 3.34. The zero-order valence-corrected chi connectivity index (χ0v) is 13.2. The third kappa shape index (κ3) is 3.30. The van der Waals surface area contributed by atoms with Crippen molar-refractivity contribution in [2.75, 3.05) is 13.1 Å². The molecular weight excluding hydrogens is 348 g/mol. The first-order valence-corrected chi connectivity index (χ1v) is 7.56. The second kappa shape index (κ2) is 6.10. The Hall–Kier alpha value is -1.14. The van der Waals surface area contributed by atoms with Gasteiger partial charge < -0.3 is 4.90 Å².